The number of hydrogen-bond acceptors (Lipinski definition) is 8. The number of alkyl halides is 3. The molecule has 0 saturated carbocycles. The molecule has 3 heterocycles. The molecule has 0 amide bonds. The molecule has 3 aromatic rings. The minimum atomic E-state index is -4.80. The third-order valence-corrected chi connectivity index (χ3v) is 7.31. The summed E-state index contributed by atoms with van der Waals surface area (Å²) >= 11 is 0. The molecule has 4 rings (SSSR count). The van der Waals surface area contributed by atoms with Gasteiger partial charge in [0.05, 0.1) is 11.9 Å². The fraction of sp³-hybridized carbons (Fsp3) is 0.381. The number of anilines is 1. The van der Waals surface area contributed by atoms with E-state index in [4.69, 9.17) is 0 Å². The molecule has 1 saturated heterocycles. The average molecular weight is 542 g/mol. The first-order valence-electron chi connectivity index (χ1n) is 11.1. The number of hydrogen-bond donors (Lipinski definition) is 3. The van der Waals surface area contributed by atoms with Gasteiger partial charge in [-0.05, 0) is 37.4 Å². The van der Waals surface area contributed by atoms with Crippen molar-refractivity contribution in [2.24, 2.45) is 0 Å². The Balaban J connectivity index is 1.66. The summed E-state index contributed by atoms with van der Waals surface area (Å²) in [6.07, 6.45) is -1.01. The largest absolute Gasteiger partial charge is 0.488 e. The molecule has 0 bridgehead atoms. The standard InChI is InChI=1S/C21H23BF4N6O4S/c1-12-28-17(11-32(12)18-4-3-13(22(33)34)9-16(18)23)19-15(21(24,25)26)10-27-20(30-19)29-14-5-7-31(8-6-14)37(2,35)36/h3-4,9-11,14,33-34H,5-8H2,1-2H3,(H,27,29,30). The van der Waals surface area contributed by atoms with Gasteiger partial charge in [0.25, 0.3) is 0 Å². The number of aromatic nitrogens is 4. The summed E-state index contributed by atoms with van der Waals surface area (Å²) in [5, 5.41) is 21.4. The van der Waals surface area contributed by atoms with Gasteiger partial charge in [0.2, 0.25) is 16.0 Å². The minimum absolute atomic E-state index is 0.0563. The zero-order valence-corrected chi connectivity index (χ0v) is 20.6. The first kappa shape index (κ1) is 27.0. The maximum atomic E-state index is 14.7. The number of imidazole rings is 1. The average Bonchev–Trinajstić information content (AvgIpc) is 3.19. The molecule has 1 aliphatic rings. The summed E-state index contributed by atoms with van der Waals surface area (Å²) < 4.78 is 82.0. The van der Waals surface area contributed by atoms with Gasteiger partial charge in [-0.3, -0.25) is 0 Å². The second-order valence-electron chi connectivity index (χ2n) is 8.66. The summed E-state index contributed by atoms with van der Waals surface area (Å²) in [6, 6.07) is 3.17. The highest BCUT2D eigenvalue weighted by molar-refractivity contribution is 7.88. The smallest absolute Gasteiger partial charge is 0.423 e. The highest BCUT2D eigenvalue weighted by Gasteiger charge is 2.36. The zero-order chi connectivity index (χ0) is 27.1. The minimum Gasteiger partial charge on any atom is -0.423 e. The number of nitrogens with zero attached hydrogens (tertiary/aromatic N) is 5. The van der Waals surface area contributed by atoms with Gasteiger partial charge in [-0.1, -0.05) is 6.07 Å². The van der Waals surface area contributed by atoms with Gasteiger partial charge >= 0.3 is 13.3 Å². The number of halogens is 4. The van der Waals surface area contributed by atoms with E-state index in [0.29, 0.717) is 19.0 Å². The summed E-state index contributed by atoms with van der Waals surface area (Å²) in [5.41, 5.74) is -1.96. The van der Waals surface area contributed by atoms with E-state index in [9.17, 15) is 36.0 Å². The van der Waals surface area contributed by atoms with Gasteiger partial charge in [0.15, 0.2) is 0 Å². The van der Waals surface area contributed by atoms with Crippen molar-refractivity contribution in [1.29, 1.82) is 0 Å². The van der Waals surface area contributed by atoms with E-state index in [1.807, 2.05) is 0 Å². The fourth-order valence-electron chi connectivity index (χ4n) is 4.08. The van der Waals surface area contributed by atoms with Crippen LogP contribution in [-0.4, -0.2) is 74.8 Å². The molecule has 1 aromatic carbocycles. The van der Waals surface area contributed by atoms with Crippen LogP contribution in [0.15, 0.2) is 30.6 Å². The maximum absolute atomic E-state index is 14.7. The van der Waals surface area contributed by atoms with Crippen molar-refractivity contribution in [2.75, 3.05) is 24.7 Å². The Morgan fingerprint density at radius 1 is 1.16 bits per heavy atom. The SMILES string of the molecule is Cc1nc(-c2nc(NC3CCN(S(C)(=O)=O)CC3)ncc2C(F)(F)F)cn1-c1ccc(B(O)O)cc1F. The lowest BCUT2D eigenvalue weighted by Gasteiger charge is -2.30. The molecule has 0 atom stereocenters. The van der Waals surface area contributed by atoms with Crippen LogP contribution in [-0.2, 0) is 16.2 Å². The third kappa shape index (κ3) is 5.92. The lowest BCUT2D eigenvalue weighted by molar-refractivity contribution is -0.137. The van der Waals surface area contributed by atoms with Crippen LogP contribution in [0.1, 0.15) is 24.2 Å². The summed E-state index contributed by atoms with van der Waals surface area (Å²) in [4.78, 5) is 12.0. The highest BCUT2D eigenvalue weighted by Crippen LogP contribution is 2.36. The Morgan fingerprint density at radius 2 is 1.84 bits per heavy atom. The van der Waals surface area contributed by atoms with Crippen LogP contribution in [0.5, 0.6) is 0 Å². The lowest BCUT2D eigenvalue weighted by Crippen LogP contribution is -2.42. The van der Waals surface area contributed by atoms with Crippen LogP contribution in [0.25, 0.3) is 17.1 Å². The Bertz CT molecular complexity index is 1410. The summed E-state index contributed by atoms with van der Waals surface area (Å²) in [5.74, 6) is -0.750. The number of rotatable bonds is 6. The number of nitrogens with one attached hydrogen (secondary N) is 1. The van der Waals surface area contributed by atoms with Gasteiger partial charge in [-0.25, -0.2) is 32.1 Å². The zero-order valence-electron chi connectivity index (χ0n) is 19.7. The Kier molecular flexibility index (Phi) is 7.29. The molecular weight excluding hydrogens is 519 g/mol. The van der Waals surface area contributed by atoms with Crippen LogP contribution in [0.4, 0.5) is 23.5 Å². The molecule has 37 heavy (non-hydrogen) atoms. The second kappa shape index (κ2) is 10.0. The van der Waals surface area contributed by atoms with Crippen LogP contribution in [0.2, 0.25) is 0 Å². The second-order valence-corrected chi connectivity index (χ2v) is 10.6. The lowest BCUT2D eigenvalue weighted by atomic mass is 9.80. The molecular formula is C21H23BF4N6O4S. The highest BCUT2D eigenvalue weighted by atomic mass is 32.2. The van der Waals surface area contributed by atoms with Crippen molar-refractivity contribution in [3.8, 4) is 17.1 Å². The van der Waals surface area contributed by atoms with Crippen LogP contribution in [0.3, 0.4) is 0 Å². The van der Waals surface area contributed by atoms with Gasteiger partial charge in [-0.2, -0.15) is 13.2 Å². The molecule has 16 heteroatoms. The quantitative estimate of drug-likeness (QED) is 0.314. The summed E-state index contributed by atoms with van der Waals surface area (Å²) in [7, 11) is -5.22. The molecule has 3 N–H and O–H groups in total. The predicted octanol–water partition coefficient (Wildman–Crippen LogP) is 1.31. The first-order chi connectivity index (χ1) is 17.2. The van der Waals surface area contributed by atoms with E-state index >= 15 is 0 Å². The molecule has 10 nitrogen and oxygen atoms in total. The van der Waals surface area contributed by atoms with Crippen molar-refractivity contribution >= 4 is 28.6 Å². The molecule has 0 radical (unpaired) electrons. The van der Waals surface area contributed by atoms with E-state index in [1.165, 1.54) is 34.1 Å². The topological polar surface area (TPSA) is 133 Å². The molecule has 2 aromatic heterocycles. The number of aryl methyl sites for hydroxylation is 1. The van der Waals surface area contributed by atoms with Crippen LogP contribution in [0, 0.1) is 12.7 Å². The van der Waals surface area contributed by atoms with Crippen molar-refractivity contribution in [1.82, 2.24) is 23.8 Å². The monoisotopic (exact) mass is 542 g/mol. The Labute approximate surface area is 210 Å². The fourth-order valence-corrected chi connectivity index (χ4v) is 4.95. The number of piperidine rings is 1. The van der Waals surface area contributed by atoms with E-state index in [-0.39, 0.29) is 47.7 Å². The molecule has 0 aliphatic carbocycles. The van der Waals surface area contributed by atoms with Crippen LogP contribution >= 0.6 is 0 Å². The Hall–Kier alpha value is -3.08. The van der Waals surface area contributed by atoms with Crippen molar-refractivity contribution < 1.29 is 36.0 Å². The van der Waals surface area contributed by atoms with Crippen molar-refractivity contribution in [3.63, 3.8) is 0 Å². The third-order valence-electron chi connectivity index (χ3n) is 6.00. The van der Waals surface area contributed by atoms with Crippen molar-refractivity contribution in [2.45, 2.75) is 32.0 Å². The number of sulfonamides is 1. The molecule has 0 unspecified atom stereocenters. The molecule has 198 valence electrons. The van der Waals surface area contributed by atoms with E-state index in [0.717, 1.165) is 12.3 Å². The van der Waals surface area contributed by atoms with E-state index in [1.54, 1.807) is 0 Å². The van der Waals surface area contributed by atoms with E-state index < -0.39 is 40.4 Å². The van der Waals surface area contributed by atoms with E-state index in [2.05, 4.69) is 20.3 Å². The Morgan fingerprint density at radius 3 is 2.41 bits per heavy atom. The summed E-state index contributed by atoms with van der Waals surface area (Å²) in [6.45, 7) is 1.98. The number of benzene rings is 1. The van der Waals surface area contributed by atoms with Crippen LogP contribution < -0.4 is 10.8 Å². The van der Waals surface area contributed by atoms with Gasteiger partial charge in [-0.15, -0.1) is 0 Å². The van der Waals surface area contributed by atoms with Gasteiger partial charge in [0.1, 0.15) is 28.6 Å². The normalized spacial score (nSPS) is 15.7. The van der Waals surface area contributed by atoms with Gasteiger partial charge < -0.3 is 19.9 Å². The molecule has 0 spiro atoms. The van der Waals surface area contributed by atoms with Gasteiger partial charge in [0, 0.05) is 31.5 Å². The predicted molar refractivity (Wildman–Crippen MR) is 127 cm³/mol. The molecule has 1 aliphatic heterocycles. The first-order valence-corrected chi connectivity index (χ1v) is 13.0. The molecule has 1 fully saturated rings. The maximum Gasteiger partial charge on any atom is 0.488 e. The van der Waals surface area contributed by atoms with Crippen molar-refractivity contribution in [3.05, 3.63) is 47.8 Å².